The van der Waals surface area contributed by atoms with E-state index in [1.165, 1.54) is 0 Å². The van der Waals surface area contributed by atoms with Gasteiger partial charge in [0, 0.05) is 48.8 Å². The van der Waals surface area contributed by atoms with Gasteiger partial charge in [-0.25, -0.2) is 9.97 Å². The van der Waals surface area contributed by atoms with E-state index >= 15 is 0 Å². The number of ether oxygens (including phenoxy) is 1. The van der Waals surface area contributed by atoms with Crippen molar-refractivity contribution in [2.45, 2.75) is 18.4 Å². The molecule has 6 heteroatoms. The fourth-order valence-corrected chi connectivity index (χ4v) is 4.15. The van der Waals surface area contributed by atoms with Gasteiger partial charge < -0.3 is 15.4 Å². The fourth-order valence-electron chi connectivity index (χ4n) is 4.15. The summed E-state index contributed by atoms with van der Waals surface area (Å²) in [7, 11) is 0. The molecule has 2 aliphatic rings. The third-order valence-corrected chi connectivity index (χ3v) is 5.60. The average Bonchev–Trinajstić information content (AvgIpc) is 2.75. The number of carbonyl (C=O) groups is 1. The zero-order valence-corrected chi connectivity index (χ0v) is 15.3. The first-order valence-electron chi connectivity index (χ1n) is 9.42. The Bertz CT molecular complexity index is 1040. The van der Waals surface area contributed by atoms with Gasteiger partial charge in [0.2, 0.25) is 5.95 Å². The molecule has 1 spiro atoms. The Labute approximate surface area is 163 Å². The summed E-state index contributed by atoms with van der Waals surface area (Å²) >= 11 is 0. The normalized spacial score (nSPS) is 16.8. The minimum Gasteiger partial charge on any atom is -0.480 e. The molecule has 1 saturated heterocycles. The second-order valence-corrected chi connectivity index (χ2v) is 7.24. The van der Waals surface area contributed by atoms with Gasteiger partial charge in [0.1, 0.15) is 5.75 Å². The van der Waals surface area contributed by atoms with Crippen LogP contribution in [0.25, 0.3) is 11.1 Å². The predicted molar refractivity (Wildman–Crippen MR) is 106 cm³/mol. The number of aromatic nitrogens is 2. The van der Waals surface area contributed by atoms with Gasteiger partial charge in [0.05, 0.1) is 5.69 Å². The van der Waals surface area contributed by atoms with Crippen LogP contribution in [-0.2, 0) is 5.60 Å². The highest BCUT2D eigenvalue weighted by atomic mass is 16.5. The minimum absolute atomic E-state index is 0.0501. The van der Waals surface area contributed by atoms with Crippen molar-refractivity contribution in [2.75, 3.05) is 18.8 Å². The molecular weight excluding hydrogens is 352 g/mol. The van der Waals surface area contributed by atoms with E-state index < -0.39 is 5.60 Å². The number of piperidine rings is 1. The second-order valence-electron chi connectivity index (χ2n) is 7.24. The van der Waals surface area contributed by atoms with Crippen molar-refractivity contribution in [2.24, 2.45) is 0 Å². The van der Waals surface area contributed by atoms with E-state index in [1.54, 1.807) is 6.20 Å². The Morgan fingerprint density at radius 3 is 2.50 bits per heavy atom. The number of hydrogen-bond donors (Lipinski definition) is 1. The van der Waals surface area contributed by atoms with Gasteiger partial charge in [-0.05, 0) is 18.2 Å². The molecule has 3 aromatic rings. The molecule has 2 N–H and O–H groups in total. The maximum Gasteiger partial charge on any atom is 0.253 e. The molecule has 5 rings (SSSR count). The summed E-state index contributed by atoms with van der Waals surface area (Å²) in [6, 6.07) is 17.3. The zero-order chi connectivity index (χ0) is 19.1. The topological polar surface area (TPSA) is 81.3 Å². The first-order valence-corrected chi connectivity index (χ1v) is 9.42. The fraction of sp³-hybridized carbons (Fsp3) is 0.227. The van der Waals surface area contributed by atoms with Gasteiger partial charge in [-0.1, -0.05) is 36.4 Å². The molecule has 1 fully saturated rings. The number of hydrogen-bond acceptors (Lipinski definition) is 5. The molecule has 2 aliphatic heterocycles. The monoisotopic (exact) mass is 372 g/mol. The van der Waals surface area contributed by atoms with Crippen molar-refractivity contribution in [3.05, 3.63) is 72.1 Å². The number of likely N-dealkylation sites (tertiary alicyclic amines) is 1. The van der Waals surface area contributed by atoms with Gasteiger partial charge >= 0.3 is 0 Å². The van der Waals surface area contributed by atoms with E-state index in [2.05, 4.69) is 9.97 Å². The van der Waals surface area contributed by atoms with Crippen molar-refractivity contribution in [3.8, 4) is 16.9 Å². The lowest BCUT2D eigenvalue weighted by Gasteiger charge is -2.44. The van der Waals surface area contributed by atoms with Crippen LogP contribution in [-0.4, -0.2) is 33.9 Å². The lowest BCUT2D eigenvalue weighted by atomic mass is 9.81. The quantitative estimate of drug-likeness (QED) is 0.709. The molecule has 0 aliphatic carbocycles. The predicted octanol–water partition coefficient (Wildman–Crippen LogP) is 3.25. The van der Waals surface area contributed by atoms with Gasteiger partial charge in [-0.2, -0.15) is 0 Å². The number of carbonyl (C=O) groups excluding carboxylic acids is 1. The molecule has 0 atom stereocenters. The average molecular weight is 372 g/mol. The number of nitrogen functional groups attached to an aromatic ring is 1. The molecule has 0 bridgehead atoms. The lowest BCUT2D eigenvalue weighted by Crippen LogP contribution is -2.49. The summed E-state index contributed by atoms with van der Waals surface area (Å²) in [6.07, 6.45) is 3.09. The molecule has 6 nitrogen and oxygen atoms in total. The van der Waals surface area contributed by atoms with E-state index in [4.69, 9.17) is 10.5 Å². The van der Waals surface area contributed by atoms with E-state index in [0.29, 0.717) is 31.5 Å². The van der Waals surface area contributed by atoms with Crippen LogP contribution >= 0.6 is 0 Å². The molecule has 0 radical (unpaired) electrons. The third-order valence-electron chi connectivity index (χ3n) is 5.60. The van der Waals surface area contributed by atoms with Crippen molar-refractivity contribution in [3.63, 3.8) is 0 Å². The zero-order valence-electron chi connectivity index (χ0n) is 15.3. The van der Waals surface area contributed by atoms with Gasteiger partial charge in [0.25, 0.3) is 5.91 Å². The third kappa shape index (κ3) is 2.60. The minimum atomic E-state index is -0.589. The van der Waals surface area contributed by atoms with E-state index in [9.17, 15) is 4.79 Å². The summed E-state index contributed by atoms with van der Waals surface area (Å²) in [5, 5.41) is 0. The molecule has 0 unspecified atom stereocenters. The largest absolute Gasteiger partial charge is 0.480 e. The molecule has 2 aromatic carbocycles. The number of para-hydroxylation sites is 1. The van der Waals surface area contributed by atoms with E-state index in [-0.39, 0.29) is 11.9 Å². The number of nitrogens with zero attached hydrogens (tertiary/aromatic N) is 3. The SMILES string of the molecule is Nc1ncc2c(n1)C1(CCN(C(=O)c3ccccc3)CC1)Oc1ccccc1-2. The van der Waals surface area contributed by atoms with Crippen LogP contribution < -0.4 is 10.5 Å². The molecule has 140 valence electrons. The van der Waals surface area contributed by atoms with Crippen LogP contribution in [0.1, 0.15) is 28.9 Å². The first-order chi connectivity index (χ1) is 13.7. The standard InChI is InChI=1S/C22H20N4O2/c23-21-24-14-17-16-8-4-5-9-18(16)28-22(19(17)25-21)10-12-26(13-11-22)20(27)15-6-2-1-3-7-15/h1-9,14H,10-13H2,(H2,23,24,25). The summed E-state index contributed by atoms with van der Waals surface area (Å²) in [4.78, 5) is 23.4. The number of rotatable bonds is 1. The summed E-state index contributed by atoms with van der Waals surface area (Å²) in [6.45, 7) is 1.19. The Kier molecular flexibility index (Phi) is 3.79. The van der Waals surface area contributed by atoms with Crippen LogP contribution in [0.15, 0.2) is 60.8 Å². The molecule has 28 heavy (non-hydrogen) atoms. The van der Waals surface area contributed by atoms with Crippen LogP contribution in [0.4, 0.5) is 5.95 Å². The summed E-state index contributed by atoms with van der Waals surface area (Å²) < 4.78 is 6.49. The Hall–Kier alpha value is -3.41. The first kappa shape index (κ1) is 16.7. The van der Waals surface area contributed by atoms with Crippen molar-refractivity contribution >= 4 is 11.9 Å². The number of fused-ring (bicyclic) bond motifs is 4. The van der Waals surface area contributed by atoms with E-state index in [1.807, 2.05) is 59.5 Å². The van der Waals surface area contributed by atoms with Crippen LogP contribution in [0.5, 0.6) is 5.75 Å². The maximum atomic E-state index is 12.8. The molecule has 3 heterocycles. The Balaban J connectivity index is 1.47. The highest BCUT2D eigenvalue weighted by Crippen LogP contribution is 2.48. The number of anilines is 1. The van der Waals surface area contributed by atoms with Gasteiger partial charge in [-0.15, -0.1) is 0 Å². The Morgan fingerprint density at radius 2 is 1.71 bits per heavy atom. The Morgan fingerprint density at radius 1 is 1.00 bits per heavy atom. The molecular formula is C22H20N4O2. The molecule has 0 saturated carbocycles. The van der Waals surface area contributed by atoms with Gasteiger partial charge in [0.15, 0.2) is 5.60 Å². The number of nitrogens with two attached hydrogens (primary N) is 1. The second kappa shape index (κ2) is 6.34. The van der Waals surface area contributed by atoms with E-state index in [0.717, 1.165) is 22.6 Å². The van der Waals surface area contributed by atoms with Crippen molar-refractivity contribution < 1.29 is 9.53 Å². The highest BCUT2D eigenvalue weighted by Gasteiger charge is 2.45. The smallest absolute Gasteiger partial charge is 0.253 e. The van der Waals surface area contributed by atoms with Crippen LogP contribution in [0.3, 0.4) is 0 Å². The van der Waals surface area contributed by atoms with Crippen molar-refractivity contribution in [1.82, 2.24) is 14.9 Å². The van der Waals surface area contributed by atoms with Crippen LogP contribution in [0, 0.1) is 0 Å². The van der Waals surface area contributed by atoms with Crippen molar-refractivity contribution in [1.29, 1.82) is 0 Å². The molecule has 1 aromatic heterocycles. The maximum absolute atomic E-state index is 12.8. The number of benzene rings is 2. The van der Waals surface area contributed by atoms with Gasteiger partial charge in [-0.3, -0.25) is 4.79 Å². The summed E-state index contributed by atoms with van der Waals surface area (Å²) in [5.41, 5.74) is 8.78. The van der Waals surface area contributed by atoms with Crippen LogP contribution in [0.2, 0.25) is 0 Å². The highest BCUT2D eigenvalue weighted by molar-refractivity contribution is 5.94. The molecule has 1 amide bonds. The summed E-state index contributed by atoms with van der Waals surface area (Å²) in [5.74, 6) is 1.11. The lowest BCUT2D eigenvalue weighted by molar-refractivity contribution is -0.00478. The number of amides is 1.